The van der Waals surface area contributed by atoms with E-state index in [-0.39, 0.29) is 0 Å². The van der Waals surface area contributed by atoms with Gasteiger partial charge in [0.15, 0.2) is 0 Å². The smallest absolute Gasteiger partial charge is 0.0643 e. The Morgan fingerprint density at radius 2 is 1.94 bits per heavy atom. The summed E-state index contributed by atoms with van der Waals surface area (Å²) in [5.41, 5.74) is 9.40. The van der Waals surface area contributed by atoms with Crippen LogP contribution in [0.3, 0.4) is 0 Å². The fraction of sp³-hybridized carbons (Fsp3) is 0.0769. The summed E-state index contributed by atoms with van der Waals surface area (Å²) >= 11 is 6.13. The number of nitrogens with one attached hydrogen (secondary N) is 1. The maximum atomic E-state index is 6.13. The minimum absolute atomic E-state index is 0.711. The predicted octanol–water partition coefficient (Wildman–Crippen LogP) is 3.97. The zero-order valence-corrected chi connectivity index (χ0v) is 9.75. The van der Waals surface area contributed by atoms with Gasteiger partial charge in [-0.25, -0.2) is 0 Å². The molecule has 82 valence electrons. The molecule has 2 aromatic rings. The van der Waals surface area contributed by atoms with Crippen LogP contribution in [0, 0.1) is 6.92 Å². The molecule has 2 aromatic carbocycles. The van der Waals surface area contributed by atoms with Crippen LogP contribution in [-0.4, -0.2) is 0 Å². The summed E-state index contributed by atoms with van der Waals surface area (Å²) in [5.74, 6) is 0. The second-order valence-electron chi connectivity index (χ2n) is 3.73. The van der Waals surface area contributed by atoms with E-state index in [2.05, 4.69) is 5.32 Å². The molecule has 0 fully saturated rings. The van der Waals surface area contributed by atoms with Crippen molar-refractivity contribution in [3.8, 4) is 0 Å². The fourth-order valence-corrected chi connectivity index (χ4v) is 1.78. The summed E-state index contributed by atoms with van der Waals surface area (Å²) in [7, 11) is 0. The van der Waals surface area contributed by atoms with Crippen LogP contribution in [0.5, 0.6) is 0 Å². The van der Waals surface area contributed by atoms with Gasteiger partial charge in [0.25, 0.3) is 0 Å². The van der Waals surface area contributed by atoms with Crippen molar-refractivity contribution in [3.63, 3.8) is 0 Å². The lowest BCUT2D eigenvalue weighted by Crippen LogP contribution is -1.93. The largest absolute Gasteiger partial charge is 0.399 e. The van der Waals surface area contributed by atoms with Crippen LogP contribution in [0.25, 0.3) is 0 Å². The average Bonchev–Trinajstić information content (AvgIpc) is 2.22. The van der Waals surface area contributed by atoms with E-state index in [4.69, 9.17) is 17.3 Å². The van der Waals surface area contributed by atoms with Crippen molar-refractivity contribution in [1.29, 1.82) is 0 Å². The van der Waals surface area contributed by atoms with Gasteiger partial charge in [0.05, 0.1) is 10.7 Å². The molecule has 0 saturated carbocycles. The van der Waals surface area contributed by atoms with E-state index in [1.54, 1.807) is 0 Å². The number of rotatable bonds is 2. The van der Waals surface area contributed by atoms with Gasteiger partial charge in [0, 0.05) is 11.4 Å². The van der Waals surface area contributed by atoms with Crippen LogP contribution in [0.2, 0.25) is 5.02 Å². The SMILES string of the molecule is Cc1ccc(Nc2cccc(N)c2)c(Cl)c1. The Hall–Kier alpha value is -1.67. The molecule has 3 N–H and O–H groups in total. The molecule has 0 aromatic heterocycles. The van der Waals surface area contributed by atoms with Crippen molar-refractivity contribution in [2.45, 2.75) is 6.92 Å². The van der Waals surface area contributed by atoms with Crippen LogP contribution in [-0.2, 0) is 0 Å². The van der Waals surface area contributed by atoms with Crippen molar-refractivity contribution in [1.82, 2.24) is 0 Å². The van der Waals surface area contributed by atoms with Gasteiger partial charge in [-0.15, -0.1) is 0 Å². The maximum Gasteiger partial charge on any atom is 0.0643 e. The Labute approximate surface area is 100 Å². The highest BCUT2D eigenvalue weighted by Crippen LogP contribution is 2.26. The summed E-state index contributed by atoms with van der Waals surface area (Å²) < 4.78 is 0. The first-order valence-electron chi connectivity index (χ1n) is 5.04. The van der Waals surface area contributed by atoms with Gasteiger partial charge in [-0.3, -0.25) is 0 Å². The summed E-state index contributed by atoms with van der Waals surface area (Å²) in [6.45, 7) is 2.01. The molecule has 0 saturated heterocycles. The van der Waals surface area contributed by atoms with Gasteiger partial charge in [0.2, 0.25) is 0 Å². The Morgan fingerprint density at radius 3 is 2.62 bits per heavy atom. The van der Waals surface area contributed by atoms with Crippen molar-refractivity contribution in [2.24, 2.45) is 0 Å². The molecule has 0 unspecified atom stereocenters. The average molecular weight is 233 g/mol. The first-order chi connectivity index (χ1) is 7.65. The molecular weight excluding hydrogens is 220 g/mol. The van der Waals surface area contributed by atoms with Crippen LogP contribution in [0.1, 0.15) is 5.56 Å². The zero-order valence-electron chi connectivity index (χ0n) is 9.00. The molecule has 0 spiro atoms. The fourth-order valence-electron chi connectivity index (χ4n) is 1.49. The number of halogens is 1. The summed E-state index contributed by atoms with van der Waals surface area (Å²) in [6.07, 6.45) is 0. The third-order valence-corrected chi connectivity index (χ3v) is 2.60. The van der Waals surface area contributed by atoms with Crippen LogP contribution < -0.4 is 11.1 Å². The second kappa shape index (κ2) is 4.45. The standard InChI is InChI=1S/C13H13ClN2/c1-9-5-6-13(12(14)7-9)16-11-4-2-3-10(15)8-11/h2-8,16H,15H2,1H3. The molecule has 0 bridgehead atoms. The van der Waals surface area contributed by atoms with Crippen LogP contribution >= 0.6 is 11.6 Å². The van der Waals surface area contributed by atoms with Crippen molar-refractivity contribution in [2.75, 3.05) is 11.1 Å². The van der Waals surface area contributed by atoms with Gasteiger partial charge in [-0.2, -0.15) is 0 Å². The molecule has 0 atom stereocenters. The lowest BCUT2D eigenvalue weighted by molar-refractivity contribution is 1.45. The number of benzene rings is 2. The van der Waals surface area contributed by atoms with E-state index >= 15 is 0 Å². The molecule has 0 amide bonds. The zero-order chi connectivity index (χ0) is 11.5. The molecule has 0 aliphatic carbocycles. The van der Waals surface area contributed by atoms with E-state index in [0.29, 0.717) is 5.02 Å². The van der Waals surface area contributed by atoms with Crippen molar-refractivity contribution < 1.29 is 0 Å². The second-order valence-corrected chi connectivity index (χ2v) is 4.14. The predicted molar refractivity (Wildman–Crippen MR) is 70.3 cm³/mol. The highest BCUT2D eigenvalue weighted by molar-refractivity contribution is 6.33. The normalized spacial score (nSPS) is 10.1. The summed E-state index contributed by atoms with van der Waals surface area (Å²) in [6, 6.07) is 13.5. The Balaban J connectivity index is 2.27. The lowest BCUT2D eigenvalue weighted by atomic mass is 10.2. The Morgan fingerprint density at radius 1 is 1.12 bits per heavy atom. The molecule has 0 aliphatic rings. The van der Waals surface area contributed by atoms with Gasteiger partial charge < -0.3 is 11.1 Å². The van der Waals surface area contributed by atoms with Gasteiger partial charge in [0.1, 0.15) is 0 Å². The van der Waals surface area contributed by atoms with Crippen molar-refractivity contribution >= 4 is 28.7 Å². The number of nitrogens with two attached hydrogens (primary N) is 1. The summed E-state index contributed by atoms with van der Waals surface area (Å²) in [4.78, 5) is 0. The topological polar surface area (TPSA) is 38.0 Å². The molecule has 0 radical (unpaired) electrons. The van der Waals surface area contributed by atoms with Crippen LogP contribution in [0.4, 0.5) is 17.1 Å². The molecule has 2 nitrogen and oxygen atoms in total. The maximum absolute atomic E-state index is 6.13. The van der Waals surface area contributed by atoms with Crippen LogP contribution in [0.15, 0.2) is 42.5 Å². The third kappa shape index (κ3) is 2.47. The lowest BCUT2D eigenvalue weighted by Gasteiger charge is -2.09. The number of aryl methyl sites for hydroxylation is 1. The summed E-state index contributed by atoms with van der Waals surface area (Å²) in [5, 5.41) is 3.94. The highest BCUT2D eigenvalue weighted by Gasteiger charge is 2.00. The molecule has 2 rings (SSSR count). The first kappa shape index (κ1) is 10.8. The van der Waals surface area contributed by atoms with E-state index in [1.165, 1.54) is 0 Å². The monoisotopic (exact) mass is 232 g/mol. The van der Waals surface area contributed by atoms with Crippen molar-refractivity contribution in [3.05, 3.63) is 53.1 Å². The van der Waals surface area contributed by atoms with Gasteiger partial charge in [-0.1, -0.05) is 23.7 Å². The number of nitrogen functional groups attached to an aromatic ring is 1. The van der Waals surface area contributed by atoms with E-state index in [1.807, 2.05) is 49.4 Å². The molecule has 3 heteroatoms. The van der Waals surface area contributed by atoms with E-state index in [9.17, 15) is 0 Å². The number of hydrogen-bond acceptors (Lipinski definition) is 2. The third-order valence-electron chi connectivity index (χ3n) is 2.29. The van der Waals surface area contributed by atoms with E-state index in [0.717, 1.165) is 22.6 Å². The van der Waals surface area contributed by atoms with Gasteiger partial charge >= 0.3 is 0 Å². The minimum Gasteiger partial charge on any atom is -0.399 e. The molecule has 0 aliphatic heterocycles. The molecule has 0 heterocycles. The quantitative estimate of drug-likeness (QED) is 0.769. The first-order valence-corrected chi connectivity index (χ1v) is 5.42. The Bertz CT molecular complexity index is 509. The highest BCUT2D eigenvalue weighted by atomic mass is 35.5. The molecular formula is C13H13ClN2. The Kier molecular flexibility index (Phi) is 3.02. The minimum atomic E-state index is 0.711. The van der Waals surface area contributed by atoms with E-state index < -0.39 is 0 Å². The molecule has 16 heavy (non-hydrogen) atoms. The van der Waals surface area contributed by atoms with Gasteiger partial charge in [-0.05, 0) is 42.8 Å². The number of hydrogen-bond donors (Lipinski definition) is 2. The number of anilines is 3.